The van der Waals surface area contributed by atoms with E-state index >= 15 is 0 Å². The van der Waals surface area contributed by atoms with Crippen molar-refractivity contribution in [2.45, 2.75) is 26.4 Å². The average Bonchev–Trinajstić information content (AvgIpc) is 3.35. The van der Waals surface area contributed by atoms with Gasteiger partial charge in [-0.05, 0) is 48.9 Å². The van der Waals surface area contributed by atoms with Crippen molar-refractivity contribution in [3.05, 3.63) is 54.1 Å². The van der Waals surface area contributed by atoms with Gasteiger partial charge in [0.05, 0.1) is 24.2 Å². The Morgan fingerprint density at radius 2 is 1.71 bits per heavy atom. The highest BCUT2D eigenvalue weighted by atomic mass is 16.5. The Balaban J connectivity index is 1.52. The van der Waals surface area contributed by atoms with E-state index < -0.39 is 0 Å². The van der Waals surface area contributed by atoms with Crippen LogP contribution in [0.1, 0.15) is 25.8 Å². The van der Waals surface area contributed by atoms with Gasteiger partial charge in [0.2, 0.25) is 0 Å². The van der Waals surface area contributed by atoms with Gasteiger partial charge in [-0.15, -0.1) is 0 Å². The number of hydrazone groups is 1. The van der Waals surface area contributed by atoms with E-state index in [1.165, 1.54) is 0 Å². The first-order valence-corrected chi connectivity index (χ1v) is 9.83. The van der Waals surface area contributed by atoms with Crippen molar-refractivity contribution in [3.63, 3.8) is 0 Å². The van der Waals surface area contributed by atoms with Crippen molar-refractivity contribution in [2.24, 2.45) is 28.8 Å². The summed E-state index contributed by atoms with van der Waals surface area (Å²) in [6.45, 7) is 3.93. The minimum atomic E-state index is -0.237. The number of benzene rings is 2. The van der Waals surface area contributed by atoms with E-state index in [1.807, 2.05) is 50.2 Å². The number of allylic oxidation sites excluding steroid dienone is 2. The van der Waals surface area contributed by atoms with Gasteiger partial charge in [0.15, 0.2) is 0 Å². The molecule has 2 fully saturated rings. The SMILES string of the molecule is CC(C)Oc1ccc2ccccc2c1/C=N\N1C(=O)[C@@H]2[C@@H](C1=O)[C@H]1C=C[C@H]2C1. The van der Waals surface area contributed by atoms with Crippen LogP contribution in [0, 0.1) is 23.7 Å². The number of ether oxygens (including phenoxy) is 1. The van der Waals surface area contributed by atoms with E-state index in [9.17, 15) is 9.59 Å². The van der Waals surface area contributed by atoms with Gasteiger partial charge < -0.3 is 4.74 Å². The van der Waals surface area contributed by atoms with Crippen LogP contribution in [0.15, 0.2) is 53.7 Å². The molecule has 4 atom stereocenters. The third-order valence-corrected chi connectivity index (χ3v) is 6.04. The Hall–Kier alpha value is -2.95. The zero-order chi connectivity index (χ0) is 19.4. The first-order chi connectivity index (χ1) is 13.5. The van der Waals surface area contributed by atoms with Crippen LogP contribution in [0.5, 0.6) is 5.75 Å². The molecule has 1 aliphatic heterocycles. The number of carbonyl (C=O) groups is 2. The van der Waals surface area contributed by atoms with Gasteiger partial charge in [0, 0.05) is 5.56 Å². The second kappa shape index (κ2) is 6.30. The van der Waals surface area contributed by atoms with Crippen LogP contribution in [0.25, 0.3) is 10.8 Å². The molecule has 28 heavy (non-hydrogen) atoms. The number of carbonyl (C=O) groups excluding carboxylic acids is 2. The molecule has 5 heteroatoms. The van der Waals surface area contributed by atoms with Crippen LogP contribution < -0.4 is 4.74 Å². The number of rotatable bonds is 4. The Kier molecular flexibility index (Phi) is 3.86. The predicted octanol–water partition coefficient (Wildman–Crippen LogP) is 3.77. The monoisotopic (exact) mass is 374 g/mol. The van der Waals surface area contributed by atoms with Gasteiger partial charge in [0.25, 0.3) is 11.8 Å². The molecule has 142 valence electrons. The summed E-state index contributed by atoms with van der Waals surface area (Å²) in [6, 6.07) is 11.9. The average molecular weight is 374 g/mol. The molecule has 3 aliphatic rings. The van der Waals surface area contributed by atoms with E-state index in [0.717, 1.165) is 27.8 Å². The molecule has 2 aliphatic carbocycles. The smallest absolute Gasteiger partial charge is 0.254 e. The molecule has 2 aromatic carbocycles. The van der Waals surface area contributed by atoms with E-state index in [1.54, 1.807) is 6.21 Å². The molecule has 1 saturated carbocycles. The molecule has 0 spiro atoms. The summed E-state index contributed by atoms with van der Waals surface area (Å²) in [5.74, 6) is 0.244. The highest BCUT2D eigenvalue weighted by Crippen LogP contribution is 2.52. The third kappa shape index (κ3) is 2.49. The largest absolute Gasteiger partial charge is 0.490 e. The number of hydrogen-bond acceptors (Lipinski definition) is 4. The molecule has 0 N–H and O–H groups in total. The Morgan fingerprint density at radius 1 is 1.04 bits per heavy atom. The van der Waals surface area contributed by atoms with Gasteiger partial charge in [-0.1, -0.05) is 42.5 Å². The lowest BCUT2D eigenvalue weighted by Crippen LogP contribution is -2.28. The molecule has 2 bridgehead atoms. The van der Waals surface area contributed by atoms with Gasteiger partial charge in [-0.25, -0.2) is 0 Å². The van der Waals surface area contributed by atoms with Gasteiger partial charge in [0.1, 0.15) is 5.75 Å². The Morgan fingerprint density at radius 3 is 2.39 bits per heavy atom. The molecular weight excluding hydrogens is 352 g/mol. The third-order valence-electron chi connectivity index (χ3n) is 6.04. The lowest BCUT2D eigenvalue weighted by atomic mass is 9.85. The fraction of sp³-hybridized carbons (Fsp3) is 0.348. The molecule has 0 aromatic heterocycles. The van der Waals surface area contributed by atoms with Crippen molar-refractivity contribution in [1.82, 2.24) is 5.01 Å². The topological polar surface area (TPSA) is 59.0 Å². The van der Waals surface area contributed by atoms with E-state index in [2.05, 4.69) is 17.3 Å². The van der Waals surface area contributed by atoms with Crippen LogP contribution in [0.3, 0.4) is 0 Å². The summed E-state index contributed by atoms with van der Waals surface area (Å²) in [5, 5.41) is 7.47. The molecule has 2 amide bonds. The van der Waals surface area contributed by atoms with Crippen molar-refractivity contribution >= 4 is 28.8 Å². The molecule has 5 nitrogen and oxygen atoms in total. The van der Waals surface area contributed by atoms with Crippen LogP contribution in [0.4, 0.5) is 0 Å². The second-order valence-electron chi connectivity index (χ2n) is 8.10. The number of amides is 2. The summed E-state index contributed by atoms with van der Waals surface area (Å²) in [5.41, 5.74) is 0.783. The standard InChI is InChI=1S/C23H22N2O3/c1-13(2)28-19-10-9-14-5-3-4-6-17(14)18(19)12-24-25-22(26)20-15-7-8-16(11-15)21(20)23(25)27/h3-10,12-13,15-16,20-21H,11H2,1-2H3/b24-12-/t15-,16-,20-,21-/m0/s1. The van der Waals surface area contributed by atoms with E-state index in [-0.39, 0.29) is 41.6 Å². The summed E-state index contributed by atoms with van der Waals surface area (Å²) < 4.78 is 5.95. The molecular formula is C23H22N2O3. The molecule has 5 rings (SSSR count). The zero-order valence-corrected chi connectivity index (χ0v) is 15.9. The van der Waals surface area contributed by atoms with Gasteiger partial charge >= 0.3 is 0 Å². The fourth-order valence-corrected chi connectivity index (χ4v) is 4.88. The van der Waals surface area contributed by atoms with Crippen LogP contribution in [-0.4, -0.2) is 29.1 Å². The lowest BCUT2D eigenvalue weighted by Gasteiger charge is -2.15. The summed E-state index contributed by atoms with van der Waals surface area (Å²) >= 11 is 0. The Bertz CT molecular complexity index is 1010. The van der Waals surface area contributed by atoms with Crippen molar-refractivity contribution < 1.29 is 14.3 Å². The maximum atomic E-state index is 12.9. The van der Waals surface area contributed by atoms with Crippen molar-refractivity contribution in [3.8, 4) is 5.75 Å². The number of fused-ring (bicyclic) bond motifs is 6. The van der Waals surface area contributed by atoms with Gasteiger partial charge in [-0.2, -0.15) is 10.1 Å². The summed E-state index contributed by atoms with van der Waals surface area (Å²) in [7, 11) is 0. The highest BCUT2D eigenvalue weighted by molar-refractivity contribution is 6.08. The van der Waals surface area contributed by atoms with E-state index in [4.69, 9.17) is 4.74 Å². The number of hydrogen-bond donors (Lipinski definition) is 0. The molecule has 2 aromatic rings. The van der Waals surface area contributed by atoms with Crippen LogP contribution >= 0.6 is 0 Å². The van der Waals surface area contributed by atoms with E-state index in [0.29, 0.717) is 5.75 Å². The maximum absolute atomic E-state index is 12.9. The molecule has 1 saturated heterocycles. The fourth-order valence-electron chi connectivity index (χ4n) is 4.88. The normalized spacial score (nSPS) is 28.3. The van der Waals surface area contributed by atoms with Crippen LogP contribution in [0.2, 0.25) is 0 Å². The molecule has 0 radical (unpaired) electrons. The molecule has 1 heterocycles. The lowest BCUT2D eigenvalue weighted by molar-refractivity contribution is -0.140. The van der Waals surface area contributed by atoms with Gasteiger partial charge in [-0.3, -0.25) is 9.59 Å². The minimum absolute atomic E-state index is 0.00409. The number of imide groups is 1. The maximum Gasteiger partial charge on any atom is 0.254 e. The summed E-state index contributed by atoms with van der Waals surface area (Å²) in [6.07, 6.45) is 6.70. The zero-order valence-electron chi connectivity index (χ0n) is 15.9. The quantitative estimate of drug-likeness (QED) is 0.465. The summed E-state index contributed by atoms with van der Waals surface area (Å²) in [4.78, 5) is 25.7. The van der Waals surface area contributed by atoms with Crippen LogP contribution in [-0.2, 0) is 9.59 Å². The Labute approximate surface area is 163 Å². The minimum Gasteiger partial charge on any atom is -0.490 e. The number of nitrogens with zero attached hydrogens (tertiary/aromatic N) is 2. The highest BCUT2D eigenvalue weighted by Gasteiger charge is 2.59. The molecule has 0 unspecified atom stereocenters. The van der Waals surface area contributed by atoms with Crippen molar-refractivity contribution in [1.29, 1.82) is 0 Å². The first kappa shape index (κ1) is 17.2. The first-order valence-electron chi connectivity index (χ1n) is 9.83. The van der Waals surface area contributed by atoms with Crippen molar-refractivity contribution in [2.75, 3.05) is 0 Å². The predicted molar refractivity (Wildman–Crippen MR) is 107 cm³/mol. The second-order valence-corrected chi connectivity index (χ2v) is 8.10.